The minimum absolute atomic E-state index is 0.130. The number of nitrogens with one attached hydrogen (secondary N) is 1. The molecule has 3 heteroatoms. The van der Waals surface area contributed by atoms with Crippen LogP contribution in [0.15, 0.2) is 18.2 Å². The van der Waals surface area contributed by atoms with Gasteiger partial charge < -0.3 is 11.1 Å². The summed E-state index contributed by atoms with van der Waals surface area (Å²) in [5.74, 6) is 0.130. The Hall–Kier alpha value is -1.51. The van der Waals surface area contributed by atoms with Gasteiger partial charge in [-0.3, -0.25) is 4.79 Å². The Morgan fingerprint density at radius 1 is 1.33 bits per heavy atom. The summed E-state index contributed by atoms with van der Waals surface area (Å²) in [6.45, 7) is 4.94. The smallest absolute Gasteiger partial charge is 0.220 e. The summed E-state index contributed by atoms with van der Waals surface area (Å²) in [4.78, 5) is 11.6. The van der Waals surface area contributed by atoms with Crippen molar-refractivity contribution in [2.24, 2.45) is 0 Å². The number of nitrogens with two attached hydrogens (primary N) is 1. The fourth-order valence-corrected chi connectivity index (χ4v) is 1.79. The lowest BCUT2D eigenvalue weighted by molar-refractivity contribution is -0.121. The molecule has 1 rings (SSSR count). The predicted octanol–water partition coefficient (Wildman–Crippen LogP) is 2.82. The van der Waals surface area contributed by atoms with Crippen molar-refractivity contribution in [2.75, 3.05) is 12.3 Å². The van der Waals surface area contributed by atoms with E-state index in [0.717, 1.165) is 36.2 Å². The van der Waals surface area contributed by atoms with Gasteiger partial charge in [0.2, 0.25) is 5.91 Å². The predicted molar refractivity (Wildman–Crippen MR) is 76.4 cm³/mol. The molecule has 0 heterocycles. The molecule has 1 aromatic rings. The Balaban J connectivity index is 2.27. The van der Waals surface area contributed by atoms with Gasteiger partial charge in [0, 0.05) is 18.7 Å². The normalized spacial score (nSPS) is 10.3. The second-order valence-corrected chi connectivity index (χ2v) is 4.75. The van der Waals surface area contributed by atoms with E-state index in [1.807, 2.05) is 25.1 Å². The Morgan fingerprint density at radius 3 is 2.78 bits per heavy atom. The van der Waals surface area contributed by atoms with Crippen LogP contribution in [-0.4, -0.2) is 12.5 Å². The fourth-order valence-electron chi connectivity index (χ4n) is 1.79. The topological polar surface area (TPSA) is 55.1 Å². The highest BCUT2D eigenvalue weighted by molar-refractivity contribution is 5.76. The molecule has 0 aliphatic carbocycles. The van der Waals surface area contributed by atoms with Crippen molar-refractivity contribution in [3.05, 3.63) is 29.3 Å². The number of hydrogen-bond donors (Lipinski definition) is 2. The largest absolute Gasteiger partial charge is 0.399 e. The van der Waals surface area contributed by atoms with Crippen molar-refractivity contribution in [3.8, 4) is 0 Å². The molecule has 0 fully saturated rings. The van der Waals surface area contributed by atoms with Gasteiger partial charge in [-0.25, -0.2) is 0 Å². The Bertz CT molecular complexity index is 388. The summed E-state index contributed by atoms with van der Waals surface area (Å²) in [5, 5.41) is 2.94. The molecule has 1 amide bonds. The van der Waals surface area contributed by atoms with Gasteiger partial charge in [0.25, 0.3) is 0 Å². The molecule has 0 radical (unpaired) electrons. The van der Waals surface area contributed by atoms with E-state index >= 15 is 0 Å². The molecule has 0 aliphatic heterocycles. The maximum Gasteiger partial charge on any atom is 0.220 e. The molecule has 3 N–H and O–H groups in total. The zero-order valence-corrected chi connectivity index (χ0v) is 11.5. The minimum atomic E-state index is 0.130. The summed E-state index contributed by atoms with van der Waals surface area (Å²) >= 11 is 0. The summed E-state index contributed by atoms with van der Waals surface area (Å²) in [5.41, 5.74) is 8.85. The van der Waals surface area contributed by atoms with E-state index < -0.39 is 0 Å². The summed E-state index contributed by atoms with van der Waals surface area (Å²) in [7, 11) is 0. The zero-order valence-electron chi connectivity index (χ0n) is 11.5. The van der Waals surface area contributed by atoms with E-state index in [-0.39, 0.29) is 5.91 Å². The second-order valence-electron chi connectivity index (χ2n) is 4.75. The highest BCUT2D eigenvalue weighted by Gasteiger charge is 2.02. The zero-order chi connectivity index (χ0) is 13.4. The highest BCUT2D eigenvalue weighted by atomic mass is 16.1. The van der Waals surface area contributed by atoms with Crippen LogP contribution in [0, 0.1) is 6.92 Å². The summed E-state index contributed by atoms with van der Waals surface area (Å²) in [6.07, 6.45) is 4.71. The van der Waals surface area contributed by atoms with E-state index in [9.17, 15) is 4.79 Å². The Morgan fingerprint density at radius 2 is 2.11 bits per heavy atom. The van der Waals surface area contributed by atoms with E-state index in [1.165, 1.54) is 12.8 Å². The number of amides is 1. The van der Waals surface area contributed by atoms with Crippen molar-refractivity contribution in [2.45, 2.75) is 46.0 Å². The van der Waals surface area contributed by atoms with E-state index in [0.29, 0.717) is 6.42 Å². The average Bonchev–Trinajstić information content (AvgIpc) is 2.36. The van der Waals surface area contributed by atoms with Crippen LogP contribution in [0.4, 0.5) is 5.69 Å². The lowest BCUT2D eigenvalue weighted by Gasteiger charge is -2.06. The molecule has 18 heavy (non-hydrogen) atoms. The first-order valence-corrected chi connectivity index (χ1v) is 6.75. The molecule has 3 nitrogen and oxygen atoms in total. The number of carbonyl (C=O) groups excluding carboxylic acids is 1. The first-order valence-electron chi connectivity index (χ1n) is 6.75. The maximum atomic E-state index is 11.6. The number of rotatable bonds is 7. The SMILES string of the molecule is CCCCCNC(=O)CCc1ccc(C)c(N)c1. The number of aryl methyl sites for hydroxylation is 2. The van der Waals surface area contributed by atoms with Gasteiger partial charge in [0.05, 0.1) is 0 Å². The monoisotopic (exact) mass is 248 g/mol. The Labute approximate surface area is 110 Å². The van der Waals surface area contributed by atoms with Crippen molar-refractivity contribution in [1.82, 2.24) is 5.32 Å². The van der Waals surface area contributed by atoms with Gasteiger partial charge in [-0.1, -0.05) is 31.9 Å². The standard InChI is InChI=1S/C15H24N2O/c1-3-4-5-10-17-15(18)9-8-13-7-6-12(2)14(16)11-13/h6-7,11H,3-5,8-10,16H2,1-2H3,(H,17,18). The first-order chi connectivity index (χ1) is 8.63. The van der Waals surface area contributed by atoms with Crippen LogP contribution < -0.4 is 11.1 Å². The van der Waals surface area contributed by atoms with Gasteiger partial charge in [-0.05, 0) is 37.0 Å². The van der Waals surface area contributed by atoms with Crippen LogP contribution in [0.1, 0.15) is 43.7 Å². The van der Waals surface area contributed by atoms with Crippen molar-refractivity contribution in [1.29, 1.82) is 0 Å². The second kappa shape index (κ2) is 7.75. The molecule has 0 aromatic heterocycles. The number of anilines is 1. The molecule has 100 valence electrons. The highest BCUT2D eigenvalue weighted by Crippen LogP contribution is 2.14. The quantitative estimate of drug-likeness (QED) is 0.576. The molecule has 0 saturated heterocycles. The van der Waals surface area contributed by atoms with E-state index in [4.69, 9.17) is 5.73 Å². The van der Waals surface area contributed by atoms with E-state index in [2.05, 4.69) is 12.2 Å². The lowest BCUT2D eigenvalue weighted by atomic mass is 10.1. The van der Waals surface area contributed by atoms with Gasteiger partial charge in [0.1, 0.15) is 0 Å². The number of nitrogen functional groups attached to an aromatic ring is 1. The van der Waals surface area contributed by atoms with Crippen LogP contribution in [0.5, 0.6) is 0 Å². The van der Waals surface area contributed by atoms with Crippen LogP contribution >= 0.6 is 0 Å². The molecule has 1 aromatic carbocycles. The fraction of sp³-hybridized carbons (Fsp3) is 0.533. The summed E-state index contributed by atoms with van der Waals surface area (Å²) in [6, 6.07) is 6.00. The van der Waals surface area contributed by atoms with Crippen LogP contribution in [-0.2, 0) is 11.2 Å². The van der Waals surface area contributed by atoms with Crippen LogP contribution in [0.3, 0.4) is 0 Å². The lowest BCUT2D eigenvalue weighted by Crippen LogP contribution is -2.24. The molecule has 0 spiro atoms. The van der Waals surface area contributed by atoms with Gasteiger partial charge in [0.15, 0.2) is 0 Å². The van der Waals surface area contributed by atoms with Crippen molar-refractivity contribution in [3.63, 3.8) is 0 Å². The number of benzene rings is 1. The van der Waals surface area contributed by atoms with Gasteiger partial charge >= 0.3 is 0 Å². The number of carbonyl (C=O) groups is 1. The molecule has 0 unspecified atom stereocenters. The first kappa shape index (κ1) is 14.6. The molecule has 0 atom stereocenters. The maximum absolute atomic E-state index is 11.6. The molecular weight excluding hydrogens is 224 g/mol. The molecule has 0 saturated carbocycles. The molecule has 0 bridgehead atoms. The van der Waals surface area contributed by atoms with Gasteiger partial charge in [-0.2, -0.15) is 0 Å². The third-order valence-corrected chi connectivity index (χ3v) is 3.09. The van der Waals surface area contributed by atoms with Crippen LogP contribution in [0.2, 0.25) is 0 Å². The number of unbranched alkanes of at least 4 members (excludes halogenated alkanes) is 2. The summed E-state index contributed by atoms with van der Waals surface area (Å²) < 4.78 is 0. The van der Waals surface area contributed by atoms with Crippen molar-refractivity contribution >= 4 is 11.6 Å². The average molecular weight is 248 g/mol. The van der Waals surface area contributed by atoms with Crippen LogP contribution in [0.25, 0.3) is 0 Å². The minimum Gasteiger partial charge on any atom is -0.399 e. The third-order valence-electron chi connectivity index (χ3n) is 3.09. The van der Waals surface area contributed by atoms with Crippen molar-refractivity contribution < 1.29 is 4.79 Å². The number of hydrogen-bond acceptors (Lipinski definition) is 2. The molecular formula is C15H24N2O. The Kier molecular flexibility index (Phi) is 6.26. The third kappa shape index (κ3) is 5.21. The van der Waals surface area contributed by atoms with Gasteiger partial charge in [-0.15, -0.1) is 0 Å². The molecule has 0 aliphatic rings. The van der Waals surface area contributed by atoms with E-state index in [1.54, 1.807) is 0 Å².